The van der Waals surface area contributed by atoms with Crippen molar-refractivity contribution in [3.63, 3.8) is 0 Å². The van der Waals surface area contributed by atoms with E-state index in [1.165, 1.54) is 36.6 Å². The van der Waals surface area contributed by atoms with E-state index in [4.69, 9.17) is 10.5 Å². The number of halogens is 4. The molecule has 3 nitrogen and oxygen atoms in total. The van der Waals surface area contributed by atoms with Crippen LogP contribution in [-0.2, 0) is 0 Å². The smallest absolute Gasteiger partial charge is 0.496 e. The summed E-state index contributed by atoms with van der Waals surface area (Å²) < 4.78 is 45.8. The van der Waals surface area contributed by atoms with Crippen molar-refractivity contribution in [3.05, 3.63) is 46.2 Å². The van der Waals surface area contributed by atoms with Crippen LogP contribution >= 0.6 is 23.7 Å². The molecule has 0 spiro atoms. The van der Waals surface area contributed by atoms with E-state index in [1.54, 1.807) is 0 Å². The van der Waals surface area contributed by atoms with Crippen molar-refractivity contribution in [1.82, 2.24) is 0 Å². The first kappa shape index (κ1) is 17.6. The molecule has 0 aliphatic heterocycles. The minimum atomic E-state index is -4.74. The summed E-state index contributed by atoms with van der Waals surface area (Å²) in [5.41, 5.74) is 7.30. The zero-order valence-corrected chi connectivity index (χ0v) is 12.5. The number of nitrogens with two attached hydrogens (primary N) is 1. The summed E-state index contributed by atoms with van der Waals surface area (Å²) in [5.74, 6) is 0.0946. The Kier molecular flexibility index (Phi) is 5.88. The van der Waals surface area contributed by atoms with Crippen molar-refractivity contribution in [2.75, 3.05) is 7.11 Å². The largest absolute Gasteiger partial charge is 0.573 e. The first-order chi connectivity index (χ1) is 9.40. The van der Waals surface area contributed by atoms with Gasteiger partial charge in [0.15, 0.2) is 0 Å². The summed E-state index contributed by atoms with van der Waals surface area (Å²) in [6.45, 7) is 0. The van der Waals surface area contributed by atoms with E-state index in [-0.39, 0.29) is 18.2 Å². The highest BCUT2D eigenvalue weighted by molar-refractivity contribution is 7.08. The zero-order valence-electron chi connectivity index (χ0n) is 10.9. The van der Waals surface area contributed by atoms with Gasteiger partial charge in [0.25, 0.3) is 0 Å². The molecule has 0 saturated heterocycles. The van der Waals surface area contributed by atoms with E-state index in [0.717, 1.165) is 5.56 Å². The third kappa shape index (κ3) is 4.52. The monoisotopic (exact) mass is 339 g/mol. The molecule has 1 aromatic carbocycles. The van der Waals surface area contributed by atoms with E-state index >= 15 is 0 Å². The molecular weight excluding hydrogens is 327 g/mol. The summed E-state index contributed by atoms with van der Waals surface area (Å²) in [6.07, 6.45) is -4.74. The van der Waals surface area contributed by atoms with Crippen LogP contribution in [0.5, 0.6) is 11.5 Å². The minimum absolute atomic E-state index is 0. The van der Waals surface area contributed by atoms with Gasteiger partial charge in [0.05, 0.1) is 13.2 Å². The summed E-state index contributed by atoms with van der Waals surface area (Å²) >= 11 is 1.46. The molecule has 1 atom stereocenters. The second-order valence-electron chi connectivity index (χ2n) is 3.99. The lowest BCUT2D eigenvalue weighted by Gasteiger charge is -2.17. The number of alkyl halides is 3. The SMILES string of the molecule is COc1ccc(OC(F)(F)F)cc1[C@H](N)c1ccsc1.Cl. The van der Waals surface area contributed by atoms with Crippen LogP contribution in [0.1, 0.15) is 17.2 Å². The quantitative estimate of drug-likeness (QED) is 0.911. The van der Waals surface area contributed by atoms with Gasteiger partial charge in [-0.3, -0.25) is 0 Å². The van der Waals surface area contributed by atoms with Gasteiger partial charge < -0.3 is 15.2 Å². The summed E-state index contributed by atoms with van der Waals surface area (Å²) in [5, 5.41) is 3.68. The molecule has 0 aliphatic rings. The van der Waals surface area contributed by atoms with Gasteiger partial charge in [-0.25, -0.2) is 0 Å². The highest BCUT2D eigenvalue weighted by Crippen LogP contribution is 2.34. The molecule has 0 radical (unpaired) electrons. The highest BCUT2D eigenvalue weighted by Gasteiger charge is 2.31. The van der Waals surface area contributed by atoms with Gasteiger partial charge in [-0.15, -0.1) is 25.6 Å². The van der Waals surface area contributed by atoms with Crippen molar-refractivity contribution in [2.45, 2.75) is 12.4 Å². The van der Waals surface area contributed by atoms with Crippen molar-refractivity contribution in [2.24, 2.45) is 5.73 Å². The van der Waals surface area contributed by atoms with Crippen LogP contribution in [0.4, 0.5) is 13.2 Å². The molecule has 0 aliphatic carbocycles. The Labute approximate surface area is 129 Å². The Balaban J connectivity index is 0.00000220. The second kappa shape index (κ2) is 7.02. The maximum atomic E-state index is 12.2. The molecule has 1 heterocycles. The fourth-order valence-electron chi connectivity index (χ4n) is 1.78. The van der Waals surface area contributed by atoms with Gasteiger partial charge in [-0.1, -0.05) is 0 Å². The molecular formula is C13H13ClF3NO2S. The molecule has 0 fully saturated rings. The van der Waals surface area contributed by atoms with Crippen LogP contribution in [0.25, 0.3) is 0 Å². The second-order valence-corrected chi connectivity index (χ2v) is 4.77. The Morgan fingerprint density at radius 2 is 1.95 bits per heavy atom. The molecule has 0 bridgehead atoms. The number of methoxy groups -OCH3 is 1. The van der Waals surface area contributed by atoms with E-state index < -0.39 is 12.4 Å². The molecule has 21 heavy (non-hydrogen) atoms. The molecule has 0 unspecified atom stereocenters. The number of rotatable bonds is 4. The van der Waals surface area contributed by atoms with Crippen LogP contribution in [-0.4, -0.2) is 13.5 Å². The average Bonchev–Trinajstić information content (AvgIpc) is 2.89. The average molecular weight is 340 g/mol. The van der Waals surface area contributed by atoms with Crippen molar-refractivity contribution in [3.8, 4) is 11.5 Å². The number of hydrogen-bond donors (Lipinski definition) is 1. The predicted octanol–water partition coefficient (Wildman–Crippen LogP) is 4.13. The molecule has 0 saturated carbocycles. The van der Waals surface area contributed by atoms with Crippen LogP contribution in [0, 0.1) is 0 Å². The van der Waals surface area contributed by atoms with E-state index in [1.807, 2.05) is 16.8 Å². The van der Waals surface area contributed by atoms with Gasteiger partial charge in [0.1, 0.15) is 11.5 Å². The van der Waals surface area contributed by atoms with Gasteiger partial charge in [0, 0.05) is 5.56 Å². The lowest BCUT2D eigenvalue weighted by atomic mass is 10.0. The van der Waals surface area contributed by atoms with Crippen molar-refractivity contribution in [1.29, 1.82) is 0 Å². The maximum Gasteiger partial charge on any atom is 0.573 e. The number of hydrogen-bond acceptors (Lipinski definition) is 4. The number of thiophene rings is 1. The fourth-order valence-corrected chi connectivity index (χ4v) is 2.48. The first-order valence-corrected chi connectivity index (χ1v) is 6.56. The van der Waals surface area contributed by atoms with Crippen LogP contribution in [0.3, 0.4) is 0 Å². The Hall–Kier alpha value is -1.44. The molecule has 1 aromatic heterocycles. The topological polar surface area (TPSA) is 44.5 Å². The van der Waals surface area contributed by atoms with Gasteiger partial charge in [-0.2, -0.15) is 11.3 Å². The summed E-state index contributed by atoms with van der Waals surface area (Å²) in [6, 6.07) is 5.08. The molecule has 2 aromatic rings. The van der Waals surface area contributed by atoms with Gasteiger partial charge in [-0.05, 0) is 40.6 Å². The van der Waals surface area contributed by atoms with Gasteiger partial charge in [0.2, 0.25) is 0 Å². The van der Waals surface area contributed by atoms with Gasteiger partial charge >= 0.3 is 6.36 Å². The normalized spacial score (nSPS) is 12.4. The maximum absolute atomic E-state index is 12.2. The van der Waals surface area contributed by atoms with E-state index in [9.17, 15) is 13.2 Å². The lowest BCUT2D eigenvalue weighted by molar-refractivity contribution is -0.274. The Morgan fingerprint density at radius 1 is 1.24 bits per heavy atom. The summed E-state index contributed by atoms with van der Waals surface area (Å²) in [4.78, 5) is 0. The zero-order chi connectivity index (χ0) is 14.8. The summed E-state index contributed by atoms with van der Waals surface area (Å²) in [7, 11) is 1.43. The third-order valence-corrected chi connectivity index (χ3v) is 3.37. The molecule has 2 N–H and O–H groups in total. The molecule has 116 valence electrons. The highest BCUT2D eigenvalue weighted by atomic mass is 35.5. The first-order valence-electron chi connectivity index (χ1n) is 5.62. The molecule has 0 amide bonds. The van der Waals surface area contributed by atoms with Crippen LogP contribution in [0.2, 0.25) is 0 Å². The third-order valence-electron chi connectivity index (χ3n) is 2.67. The Morgan fingerprint density at radius 3 is 2.48 bits per heavy atom. The van der Waals surface area contributed by atoms with Crippen LogP contribution in [0.15, 0.2) is 35.0 Å². The van der Waals surface area contributed by atoms with Crippen molar-refractivity contribution >= 4 is 23.7 Å². The standard InChI is InChI=1S/C13H12F3NO2S.ClH/c1-18-11-3-2-9(19-13(14,15)16)6-10(11)12(17)8-4-5-20-7-8;/h2-7,12H,17H2,1H3;1H/t12-;/m1./s1. The fraction of sp³-hybridized carbons (Fsp3) is 0.231. The van der Waals surface area contributed by atoms with Crippen molar-refractivity contribution < 1.29 is 22.6 Å². The minimum Gasteiger partial charge on any atom is -0.496 e. The Bertz CT molecular complexity index is 575. The lowest BCUT2D eigenvalue weighted by Crippen LogP contribution is -2.18. The predicted molar refractivity (Wildman–Crippen MR) is 77.3 cm³/mol. The van der Waals surface area contributed by atoms with E-state index in [2.05, 4.69) is 4.74 Å². The molecule has 2 rings (SSSR count). The molecule has 8 heteroatoms. The number of benzene rings is 1. The van der Waals surface area contributed by atoms with Crippen LogP contribution < -0.4 is 15.2 Å². The van der Waals surface area contributed by atoms with E-state index in [0.29, 0.717) is 11.3 Å². The number of ether oxygens (including phenoxy) is 2.